The fourth-order valence-corrected chi connectivity index (χ4v) is 3.25. The largest absolute Gasteiger partial charge is 0.444 e. The molecule has 1 fully saturated rings. The van der Waals surface area contributed by atoms with E-state index in [1.54, 1.807) is 0 Å². The lowest BCUT2D eigenvalue weighted by Gasteiger charge is -2.38. The van der Waals surface area contributed by atoms with Crippen molar-refractivity contribution in [2.75, 3.05) is 24.5 Å². The Morgan fingerprint density at radius 2 is 2.04 bits per heavy atom. The molecule has 1 aromatic rings. The van der Waals surface area contributed by atoms with Crippen molar-refractivity contribution in [3.8, 4) is 0 Å². The van der Waals surface area contributed by atoms with Crippen LogP contribution in [0.1, 0.15) is 65.5 Å². The summed E-state index contributed by atoms with van der Waals surface area (Å²) in [7, 11) is 0. The van der Waals surface area contributed by atoms with Gasteiger partial charge in [-0.1, -0.05) is 6.07 Å². The molecule has 1 aliphatic rings. The van der Waals surface area contributed by atoms with E-state index in [-0.39, 0.29) is 12.1 Å². The average molecular weight is 333 g/mol. The van der Waals surface area contributed by atoms with Crippen LogP contribution in [0, 0.1) is 0 Å². The smallest absolute Gasteiger partial charge is 0.410 e. The highest BCUT2D eigenvalue weighted by Crippen LogP contribution is 2.36. The molecule has 0 aromatic carbocycles. The SMILES string of the molecule is CCN(CC)c1ncccc1[C@H]1CCCCN1C(=O)OC(C)(C)C. The highest BCUT2D eigenvalue weighted by molar-refractivity contribution is 5.69. The third-order valence-corrected chi connectivity index (χ3v) is 4.37. The molecule has 0 spiro atoms. The third kappa shape index (κ3) is 4.40. The second-order valence-electron chi connectivity index (χ2n) is 7.27. The van der Waals surface area contributed by atoms with Crippen molar-refractivity contribution in [1.29, 1.82) is 0 Å². The molecule has 2 heterocycles. The standard InChI is InChI=1S/C19H31N3O2/c1-6-21(7-2)17-15(11-10-13-20-17)16-12-8-9-14-22(16)18(23)24-19(3,4)5/h10-11,13,16H,6-9,12,14H2,1-5H3/t16-/m1/s1. The van der Waals surface area contributed by atoms with Crippen LogP contribution in [0.15, 0.2) is 18.3 Å². The first-order valence-corrected chi connectivity index (χ1v) is 9.06. The van der Waals surface area contributed by atoms with E-state index in [0.717, 1.165) is 50.3 Å². The number of amides is 1. The van der Waals surface area contributed by atoms with Crippen LogP contribution in [0.5, 0.6) is 0 Å². The molecular formula is C19H31N3O2. The molecule has 0 aliphatic carbocycles. The molecule has 2 rings (SSSR count). The van der Waals surface area contributed by atoms with Gasteiger partial charge in [-0.2, -0.15) is 0 Å². The number of hydrogen-bond acceptors (Lipinski definition) is 4. The number of carbonyl (C=O) groups is 1. The summed E-state index contributed by atoms with van der Waals surface area (Å²) in [5, 5.41) is 0. The zero-order chi connectivity index (χ0) is 17.7. The second-order valence-corrected chi connectivity index (χ2v) is 7.27. The Morgan fingerprint density at radius 1 is 1.33 bits per heavy atom. The normalized spacial score (nSPS) is 18.4. The first-order chi connectivity index (χ1) is 11.4. The zero-order valence-corrected chi connectivity index (χ0v) is 15.7. The topological polar surface area (TPSA) is 45.7 Å². The van der Waals surface area contributed by atoms with Gasteiger partial charge in [0.2, 0.25) is 0 Å². The Hall–Kier alpha value is -1.78. The average Bonchev–Trinajstić information content (AvgIpc) is 2.55. The van der Waals surface area contributed by atoms with E-state index in [9.17, 15) is 4.79 Å². The molecule has 5 heteroatoms. The van der Waals surface area contributed by atoms with Crippen LogP contribution in [-0.4, -0.2) is 41.2 Å². The van der Waals surface area contributed by atoms with Gasteiger partial charge in [-0.3, -0.25) is 0 Å². The highest BCUT2D eigenvalue weighted by Gasteiger charge is 2.33. The van der Waals surface area contributed by atoms with E-state index in [4.69, 9.17) is 4.74 Å². The molecule has 0 radical (unpaired) electrons. The van der Waals surface area contributed by atoms with Gasteiger partial charge in [0.1, 0.15) is 11.4 Å². The van der Waals surface area contributed by atoms with Crippen LogP contribution < -0.4 is 4.90 Å². The molecule has 1 aliphatic heterocycles. The van der Waals surface area contributed by atoms with E-state index < -0.39 is 5.60 Å². The van der Waals surface area contributed by atoms with E-state index in [0.29, 0.717) is 0 Å². The van der Waals surface area contributed by atoms with E-state index >= 15 is 0 Å². The minimum absolute atomic E-state index is 0.0397. The van der Waals surface area contributed by atoms with Gasteiger partial charge < -0.3 is 14.5 Å². The summed E-state index contributed by atoms with van der Waals surface area (Å²) in [6.07, 6.45) is 4.71. The third-order valence-electron chi connectivity index (χ3n) is 4.37. The molecule has 1 saturated heterocycles. The summed E-state index contributed by atoms with van der Waals surface area (Å²) in [6, 6.07) is 4.11. The number of rotatable bonds is 4. The predicted octanol–water partition coefficient (Wildman–Crippen LogP) is 4.39. The van der Waals surface area contributed by atoms with Crippen LogP contribution in [0.3, 0.4) is 0 Å². The van der Waals surface area contributed by atoms with E-state index in [1.165, 1.54) is 0 Å². The van der Waals surface area contributed by atoms with Crippen LogP contribution in [0.25, 0.3) is 0 Å². The van der Waals surface area contributed by atoms with Gasteiger partial charge in [-0.25, -0.2) is 9.78 Å². The quantitative estimate of drug-likeness (QED) is 0.820. The zero-order valence-electron chi connectivity index (χ0n) is 15.7. The molecule has 0 N–H and O–H groups in total. The molecule has 5 nitrogen and oxygen atoms in total. The fraction of sp³-hybridized carbons (Fsp3) is 0.684. The van der Waals surface area contributed by atoms with Crippen molar-refractivity contribution >= 4 is 11.9 Å². The minimum Gasteiger partial charge on any atom is -0.444 e. The summed E-state index contributed by atoms with van der Waals surface area (Å²) in [4.78, 5) is 21.4. The number of anilines is 1. The molecular weight excluding hydrogens is 302 g/mol. The van der Waals surface area contributed by atoms with Crippen LogP contribution in [-0.2, 0) is 4.74 Å². The molecule has 0 bridgehead atoms. The number of nitrogens with zero attached hydrogens (tertiary/aromatic N) is 3. The molecule has 1 amide bonds. The van der Waals surface area contributed by atoms with Crippen LogP contribution in [0.4, 0.5) is 10.6 Å². The monoisotopic (exact) mass is 333 g/mol. The number of pyridine rings is 1. The summed E-state index contributed by atoms with van der Waals surface area (Å²) >= 11 is 0. The Balaban J connectivity index is 2.32. The van der Waals surface area contributed by atoms with Gasteiger partial charge in [0.25, 0.3) is 0 Å². The fourth-order valence-electron chi connectivity index (χ4n) is 3.25. The Morgan fingerprint density at radius 3 is 2.67 bits per heavy atom. The lowest BCUT2D eigenvalue weighted by molar-refractivity contribution is 0.00954. The molecule has 1 atom stereocenters. The first kappa shape index (κ1) is 18.6. The Kier molecular flexibility index (Phi) is 6.08. The Bertz CT molecular complexity index is 550. The highest BCUT2D eigenvalue weighted by atomic mass is 16.6. The van der Waals surface area contributed by atoms with Crippen molar-refractivity contribution in [3.05, 3.63) is 23.9 Å². The van der Waals surface area contributed by atoms with Crippen molar-refractivity contribution in [3.63, 3.8) is 0 Å². The summed E-state index contributed by atoms with van der Waals surface area (Å²) < 4.78 is 5.63. The van der Waals surface area contributed by atoms with Crippen molar-refractivity contribution in [1.82, 2.24) is 9.88 Å². The first-order valence-electron chi connectivity index (χ1n) is 9.06. The maximum atomic E-state index is 12.7. The number of hydrogen-bond donors (Lipinski definition) is 0. The number of carbonyl (C=O) groups excluding carboxylic acids is 1. The number of likely N-dealkylation sites (tertiary alicyclic amines) is 1. The van der Waals surface area contributed by atoms with Crippen molar-refractivity contribution in [2.24, 2.45) is 0 Å². The van der Waals surface area contributed by atoms with Gasteiger partial charge in [-0.15, -0.1) is 0 Å². The molecule has 0 saturated carbocycles. The van der Waals surface area contributed by atoms with Crippen molar-refractivity contribution in [2.45, 2.75) is 65.5 Å². The molecule has 1 aromatic heterocycles. The summed E-state index contributed by atoms with van der Waals surface area (Å²) in [5.74, 6) is 0.989. The number of aromatic nitrogens is 1. The number of piperidine rings is 1. The molecule has 24 heavy (non-hydrogen) atoms. The maximum absolute atomic E-state index is 12.7. The van der Waals surface area contributed by atoms with Gasteiger partial charge in [-0.05, 0) is 59.9 Å². The minimum atomic E-state index is -0.476. The Labute approximate surface area is 146 Å². The summed E-state index contributed by atoms with van der Waals surface area (Å²) in [6.45, 7) is 12.5. The second kappa shape index (κ2) is 7.86. The van der Waals surface area contributed by atoms with Gasteiger partial charge >= 0.3 is 6.09 Å². The number of ether oxygens (including phenoxy) is 1. The summed E-state index contributed by atoms with van der Waals surface area (Å²) in [5.41, 5.74) is 0.655. The van der Waals surface area contributed by atoms with Gasteiger partial charge in [0.15, 0.2) is 0 Å². The van der Waals surface area contributed by atoms with Gasteiger partial charge in [0, 0.05) is 31.4 Å². The van der Waals surface area contributed by atoms with E-state index in [1.807, 2.05) is 37.9 Å². The predicted molar refractivity (Wildman–Crippen MR) is 97.3 cm³/mol. The lowest BCUT2D eigenvalue weighted by atomic mass is 9.95. The maximum Gasteiger partial charge on any atom is 0.410 e. The van der Waals surface area contributed by atoms with Crippen LogP contribution >= 0.6 is 0 Å². The van der Waals surface area contributed by atoms with Crippen molar-refractivity contribution < 1.29 is 9.53 Å². The molecule has 0 unspecified atom stereocenters. The van der Waals surface area contributed by atoms with E-state index in [2.05, 4.69) is 29.8 Å². The van der Waals surface area contributed by atoms with Crippen LogP contribution in [0.2, 0.25) is 0 Å². The lowest BCUT2D eigenvalue weighted by Crippen LogP contribution is -2.42. The molecule has 134 valence electrons. The van der Waals surface area contributed by atoms with Gasteiger partial charge in [0.05, 0.1) is 6.04 Å².